The monoisotopic (exact) mass is 371 g/mol. The fourth-order valence-corrected chi connectivity index (χ4v) is 3.78. The lowest BCUT2D eigenvalue weighted by atomic mass is 9.75. The smallest absolute Gasteiger partial charge is 0.336 e. The van der Waals surface area contributed by atoms with E-state index >= 15 is 0 Å². The Kier molecular flexibility index (Phi) is 5.54. The first-order chi connectivity index (χ1) is 13.0. The van der Waals surface area contributed by atoms with E-state index in [1.165, 1.54) is 6.07 Å². The van der Waals surface area contributed by atoms with E-state index in [9.17, 15) is 14.7 Å². The minimum atomic E-state index is -0.534. The molecule has 0 bridgehead atoms. The number of esters is 1. The minimum Gasteiger partial charge on any atom is -0.504 e. The van der Waals surface area contributed by atoms with Crippen LogP contribution in [0.15, 0.2) is 40.7 Å². The predicted molar refractivity (Wildman–Crippen MR) is 100 cm³/mol. The number of nitrogens with one attached hydrogen (secondary N) is 1. The van der Waals surface area contributed by atoms with Gasteiger partial charge in [0.1, 0.15) is 0 Å². The highest BCUT2D eigenvalue weighted by Gasteiger charge is 2.39. The van der Waals surface area contributed by atoms with Gasteiger partial charge in [-0.1, -0.05) is 6.07 Å². The number of benzene rings is 1. The lowest BCUT2D eigenvalue weighted by Gasteiger charge is -2.34. The normalized spacial score (nSPS) is 19.5. The van der Waals surface area contributed by atoms with Crippen molar-refractivity contribution in [3.63, 3.8) is 0 Å². The number of allylic oxidation sites excluding steroid dienone is 3. The lowest BCUT2D eigenvalue weighted by Crippen LogP contribution is -2.34. The molecule has 0 unspecified atom stereocenters. The zero-order valence-corrected chi connectivity index (χ0v) is 15.9. The first-order valence-corrected chi connectivity index (χ1v) is 9.34. The summed E-state index contributed by atoms with van der Waals surface area (Å²) in [5.74, 6) is -0.581. The van der Waals surface area contributed by atoms with Gasteiger partial charge in [-0.25, -0.2) is 4.79 Å². The Labute approximate surface area is 158 Å². The molecular formula is C21H25NO5. The zero-order valence-electron chi connectivity index (χ0n) is 15.9. The topological polar surface area (TPSA) is 84.9 Å². The third-order valence-corrected chi connectivity index (χ3v) is 4.89. The van der Waals surface area contributed by atoms with Crippen molar-refractivity contribution in [2.45, 2.75) is 46.0 Å². The van der Waals surface area contributed by atoms with Crippen LogP contribution in [0.1, 0.15) is 51.5 Å². The number of phenolic OH excluding ortho intramolecular Hbond substituents is 1. The summed E-state index contributed by atoms with van der Waals surface area (Å²) in [5, 5.41) is 13.3. The van der Waals surface area contributed by atoms with Crippen molar-refractivity contribution < 1.29 is 24.2 Å². The minimum absolute atomic E-state index is 0.0251. The average Bonchev–Trinajstić information content (AvgIpc) is 2.63. The van der Waals surface area contributed by atoms with Gasteiger partial charge in [-0.2, -0.15) is 0 Å². The molecule has 3 rings (SSSR count). The van der Waals surface area contributed by atoms with Crippen LogP contribution in [0, 0.1) is 0 Å². The standard InChI is InChI=1S/C21H25NO5/c1-4-26-17-11-13(9-10-15(17)23)19-18(21(25)27-5-2)12(3)22-14-7-6-8-16(24)20(14)19/h9-11,19,22-23H,4-8H2,1-3H3/t19-/m1/s1. The Morgan fingerprint density at radius 3 is 2.74 bits per heavy atom. The van der Waals surface area contributed by atoms with Crippen molar-refractivity contribution in [2.75, 3.05) is 13.2 Å². The fraction of sp³-hybridized carbons (Fsp3) is 0.429. The molecule has 2 aliphatic rings. The average molecular weight is 371 g/mol. The second-order valence-corrected chi connectivity index (χ2v) is 6.65. The number of rotatable bonds is 5. The van der Waals surface area contributed by atoms with Crippen LogP contribution < -0.4 is 10.1 Å². The van der Waals surface area contributed by atoms with Crippen LogP contribution in [-0.4, -0.2) is 30.1 Å². The number of dihydropyridines is 1. The molecule has 1 aromatic rings. The highest BCUT2D eigenvalue weighted by atomic mass is 16.5. The Bertz CT molecular complexity index is 837. The summed E-state index contributed by atoms with van der Waals surface area (Å²) in [7, 11) is 0. The number of phenols is 1. The third-order valence-electron chi connectivity index (χ3n) is 4.89. The van der Waals surface area contributed by atoms with E-state index in [2.05, 4.69) is 5.32 Å². The van der Waals surface area contributed by atoms with Gasteiger partial charge in [0.25, 0.3) is 0 Å². The molecule has 1 atom stereocenters. The van der Waals surface area contributed by atoms with Gasteiger partial charge in [0.05, 0.1) is 18.8 Å². The molecule has 144 valence electrons. The van der Waals surface area contributed by atoms with Gasteiger partial charge in [0.15, 0.2) is 17.3 Å². The highest BCUT2D eigenvalue weighted by molar-refractivity contribution is 6.03. The summed E-state index contributed by atoms with van der Waals surface area (Å²) < 4.78 is 10.8. The van der Waals surface area contributed by atoms with Crippen molar-refractivity contribution >= 4 is 11.8 Å². The second-order valence-electron chi connectivity index (χ2n) is 6.65. The van der Waals surface area contributed by atoms with Crippen LogP contribution in [0.3, 0.4) is 0 Å². The molecule has 1 aromatic carbocycles. The molecule has 27 heavy (non-hydrogen) atoms. The van der Waals surface area contributed by atoms with Gasteiger partial charge in [0, 0.05) is 29.3 Å². The van der Waals surface area contributed by atoms with Gasteiger partial charge in [0.2, 0.25) is 0 Å². The van der Waals surface area contributed by atoms with Gasteiger partial charge < -0.3 is 19.9 Å². The van der Waals surface area contributed by atoms with E-state index in [1.54, 1.807) is 19.1 Å². The molecule has 0 amide bonds. The quantitative estimate of drug-likeness (QED) is 0.773. The van der Waals surface area contributed by atoms with E-state index in [1.807, 2.05) is 13.8 Å². The second kappa shape index (κ2) is 7.86. The molecule has 0 saturated carbocycles. The molecule has 1 heterocycles. The lowest BCUT2D eigenvalue weighted by molar-refractivity contribution is -0.138. The van der Waals surface area contributed by atoms with Crippen LogP contribution in [0.5, 0.6) is 11.5 Å². The maximum atomic E-state index is 12.8. The third kappa shape index (κ3) is 3.56. The molecule has 0 radical (unpaired) electrons. The molecule has 0 aromatic heterocycles. The number of ether oxygens (including phenoxy) is 2. The van der Waals surface area contributed by atoms with E-state index in [-0.39, 0.29) is 18.1 Å². The number of carbonyl (C=O) groups excluding carboxylic acids is 2. The molecule has 1 aliphatic heterocycles. The van der Waals surface area contributed by atoms with Crippen molar-refractivity contribution in [3.05, 3.63) is 46.3 Å². The van der Waals surface area contributed by atoms with E-state index in [0.29, 0.717) is 35.6 Å². The first kappa shape index (κ1) is 19.0. The summed E-state index contributed by atoms with van der Waals surface area (Å²) in [6.45, 7) is 6.06. The molecule has 0 saturated heterocycles. The Morgan fingerprint density at radius 1 is 1.26 bits per heavy atom. The zero-order chi connectivity index (χ0) is 19.6. The van der Waals surface area contributed by atoms with Crippen LogP contribution in [0.2, 0.25) is 0 Å². The van der Waals surface area contributed by atoms with E-state index in [0.717, 1.165) is 24.1 Å². The molecule has 6 heteroatoms. The number of aromatic hydroxyl groups is 1. The first-order valence-electron chi connectivity index (χ1n) is 9.34. The van der Waals surface area contributed by atoms with Crippen molar-refractivity contribution in [1.29, 1.82) is 0 Å². The van der Waals surface area contributed by atoms with Crippen molar-refractivity contribution in [1.82, 2.24) is 5.32 Å². The van der Waals surface area contributed by atoms with Gasteiger partial charge in [-0.15, -0.1) is 0 Å². The highest BCUT2D eigenvalue weighted by Crippen LogP contribution is 2.44. The number of ketones is 1. The maximum absolute atomic E-state index is 12.8. The molecule has 6 nitrogen and oxygen atoms in total. The van der Waals surface area contributed by atoms with Crippen molar-refractivity contribution in [2.24, 2.45) is 0 Å². The van der Waals surface area contributed by atoms with Crippen LogP contribution in [-0.2, 0) is 14.3 Å². The maximum Gasteiger partial charge on any atom is 0.336 e. The number of hydrogen-bond acceptors (Lipinski definition) is 6. The number of Topliss-reactive ketones (excluding diaryl/α,β-unsaturated/α-hetero) is 1. The summed E-state index contributed by atoms with van der Waals surface area (Å²) in [6.07, 6.45) is 2.02. The van der Waals surface area contributed by atoms with Crippen LogP contribution in [0.4, 0.5) is 0 Å². The molecule has 2 N–H and O–H groups in total. The van der Waals surface area contributed by atoms with Gasteiger partial charge >= 0.3 is 5.97 Å². The van der Waals surface area contributed by atoms with Crippen LogP contribution in [0.25, 0.3) is 0 Å². The van der Waals surface area contributed by atoms with Gasteiger partial charge in [-0.3, -0.25) is 4.79 Å². The van der Waals surface area contributed by atoms with E-state index in [4.69, 9.17) is 9.47 Å². The fourth-order valence-electron chi connectivity index (χ4n) is 3.78. The molecule has 0 fully saturated rings. The predicted octanol–water partition coefficient (Wildman–Crippen LogP) is 3.32. The van der Waals surface area contributed by atoms with Gasteiger partial charge in [-0.05, 0) is 51.3 Å². The number of carbonyl (C=O) groups is 2. The number of hydrogen-bond donors (Lipinski definition) is 2. The Hall–Kier alpha value is -2.76. The Balaban J connectivity index is 2.17. The summed E-state index contributed by atoms with van der Waals surface area (Å²) in [5.41, 5.74) is 3.33. The largest absolute Gasteiger partial charge is 0.504 e. The molecule has 1 aliphatic carbocycles. The summed E-state index contributed by atoms with van der Waals surface area (Å²) in [6, 6.07) is 4.97. The van der Waals surface area contributed by atoms with Crippen LogP contribution >= 0.6 is 0 Å². The van der Waals surface area contributed by atoms with E-state index < -0.39 is 11.9 Å². The molecular weight excluding hydrogens is 346 g/mol. The Morgan fingerprint density at radius 2 is 2.04 bits per heavy atom. The molecule has 0 spiro atoms. The summed E-state index contributed by atoms with van der Waals surface area (Å²) in [4.78, 5) is 25.5. The van der Waals surface area contributed by atoms with Crippen molar-refractivity contribution in [3.8, 4) is 11.5 Å². The SMILES string of the molecule is CCOC(=O)C1=C(C)NC2=C(C(=O)CCC2)[C@@H]1c1ccc(O)c(OCC)c1. The summed E-state index contributed by atoms with van der Waals surface area (Å²) >= 11 is 0.